The van der Waals surface area contributed by atoms with Crippen LogP contribution in [-0.4, -0.2) is 18.5 Å². The molecule has 3 aromatic rings. The van der Waals surface area contributed by atoms with Gasteiger partial charge in [-0.05, 0) is 25.1 Å². The zero-order chi connectivity index (χ0) is 19.2. The summed E-state index contributed by atoms with van der Waals surface area (Å²) in [5, 5.41) is 5.49. The minimum atomic E-state index is -1.05. The van der Waals surface area contributed by atoms with Gasteiger partial charge in [-0.25, -0.2) is 9.59 Å². The van der Waals surface area contributed by atoms with Gasteiger partial charge in [-0.1, -0.05) is 30.3 Å². The van der Waals surface area contributed by atoms with E-state index in [4.69, 9.17) is 9.15 Å². The van der Waals surface area contributed by atoms with Crippen LogP contribution >= 0.6 is 0 Å². The number of urea groups is 1. The summed E-state index contributed by atoms with van der Waals surface area (Å²) in [5.74, 6) is -0.279. The lowest BCUT2D eigenvalue weighted by Gasteiger charge is -2.19. The maximum absolute atomic E-state index is 12.6. The van der Waals surface area contributed by atoms with Crippen LogP contribution in [0.4, 0.5) is 4.79 Å². The Kier molecular flexibility index (Phi) is 5.51. The van der Waals surface area contributed by atoms with Crippen LogP contribution in [0.3, 0.4) is 0 Å². The molecule has 0 fully saturated rings. The summed E-state index contributed by atoms with van der Waals surface area (Å²) in [7, 11) is 0. The van der Waals surface area contributed by atoms with Crippen molar-refractivity contribution in [2.45, 2.75) is 13.0 Å². The molecule has 7 nitrogen and oxygen atoms in total. The highest BCUT2D eigenvalue weighted by molar-refractivity contribution is 5.97. The van der Waals surface area contributed by atoms with Gasteiger partial charge in [0.25, 0.3) is 5.91 Å². The standard InChI is InChI=1S/C20H18N2O5/c1-2-21-20(25)22-19(24)18(14-6-4-3-5-7-14)26-15-10-8-13-9-11-17(23)27-16(13)12-15/h3-12,18H,2H2,1H3,(H2,21,22,24,25)/t18-/m1/s1. The molecule has 0 radical (unpaired) electrons. The first-order valence-corrected chi connectivity index (χ1v) is 8.41. The van der Waals surface area contributed by atoms with Crippen molar-refractivity contribution < 1.29 is 18.7 Å². The van der Waals surface area contributed by atoms with Crippen molar-refractivity contribution in [1.82, 2.24) is 10.6 Å². The molecule has 0 aliphatic carbocycles. The summed E-state index contributed by atoms with van der Waals surface area (Å²) >= 11 is 0. The van der Waals surface area contributed by atoms with Gasteiger partial charge < -0.3 is 14.5 Å². The second kappa shape index (κ2) is 8.18. The van der Waals surface area contributed by atoms with Crippen molar-refractivity contribution >= 4 is 22.9 Å². The molecular formula is C20H18N2O5. The number of hydrogen-bond acceptors (Lipinski definition) is 5. The SMILES string of the molecule is CCNC(=O)NC(=O)[C@H](Oc1ccc2ccc(=O)oc2c1)c1ccccc1. The molecule has 1 heterocycles. The molecule has 0 aliphatic heterocycles. The molecule has 27 heavy (non-hydrogen) atoms. The smallest absolute Gasteiger partial charge is 0.336 e. The largest absolute Gasteiger partial charge is 0.476 e. The van der Waals surface area contributed by atoms with Gasteiger partial charge in [-0.15, -0.1) is 0 Å². The third-order valence-corrected chi connectivity index (χ3v) is 3.76. The number of carbonyl (C=O) groups is 2. The van der Waals surface area contributed by atoms with Gasteiger partial charge in [-0.2, -0.15) is 0 Å². The molecule has 0 unspecified atom stereocenters. The molecule has 0 saturated heterocycles. The first kappa shape index (κ1) is 18.2. The van der Waals surface area contributed by atoms with Crippen LogP contribution in [0.25, 0.3) is 11.0 Å². The average molecular weight is 366 g/mol. The molecule has 3 amide bonds. The number of nitrogens with one attached hydrogen (secondary N) is 2. The summed E-state index contributed by atoms with van der Waals surface area (Å²) in [6.45, 7) is 2.14. The van der Waals surface area contributed by atoms with Gasteiger partial charge >= 0.3 is 11.7 Å². The lowest BCUT2D eigenvalue weighted by Crippen LogP contribution is -2.42. The summed E-state index contributed by atoms with van der Waals surface area (Å²) in [6.07, 6.45) is -1.05. The second-order valence-electron chi connectivity index (χ2n) is 5.71. The normalized spacial score (nSPS) is 11.6. The zero-order valence-corrected chi connectivity index (χ0v) is 14.6. The van der Waals surface area contributed by atoms with Crippen LogP contribution in [0.15, 0.2) is 69.9 Å². The summed E-state index contributed by atoms with van der Waals surface area (Å²) in [6, 6.07) is 16.1. The summed E-state index contributed by atoms with van der Waals surface area (Å²) < 4.78 is 11.0. The lowest BCUT2D eigenvalue weighted by molar-refractivity contribution is -0.127. The van der Waals surface area contributed by atoms with E-state index >= 15 is 0 Å². The van der Waals surface area contributed by atoms with E-state index in [1.807, 2.05) is 6.07 Å². The van der Waals surface area contributed by atoms with E-state index in [2.05, 4.69) is 10.6 Å². The Labute approximate surface area is 154 Å². The molecule has 2 N–H and O–H groups in total. The average Bonchev–Trinajstić information content (AvgIpc) is 2.66. The minimum Gasteiger partial charge on any atom is -0.476 e. The number of hydrogen-bond donors (Lipinski definition) is 2. The Hall–Kier alpha value is -3.61. The Morgan fingerprint density at radius 3 is 2.56 bits per heavy atom. The Balaban J connectivity index is 1.90. The highest BCUT2D eigenvalue weighted by atomic mass is 16.5. The van der Waals surface area contributed by atoms with Crippen LogP contribution in [0.5, 0.6) is 5.75 Å². The number of imide groups is 1. The minimum absolute atomic E-state index is 0.330. The molecular weight excluding hydrogens is 348 g/mol. The lowest BCUT2D eigenvalue weighted by atomic mass is 10.1. The quantitative estimate of drug-likeness (QED) is 0.677. The maximum Gasteiger partial charge on any atom is 0.336 e. The van der Waals surface area contributed by atoms with Crippen LogP contribution in [-0.2, 0) is 4.79 Å². The molecule has 0 aliphatic rings. The second-order valence-corrected chi connectivity index (χ2v) is 5.71. The molecule has 3 rings (SSSR count). The van der Waals surface area contributed by atoms with E-state index in [0.717, 1.165) is 5.39 Å². The van der Waals surface area contributed by atoms with Crippen LogP contribution in [0.2, 0.25) is 0 Å². The fraction of sp³-hybridized carbons (Fsp3) is 0.150. The van der Waals surface area contributed by atoms with E-state index in [0.29, 0.717) is 23.4 Å². The van der Waals surface area contributed by atoms with Crippen LogP contribution in [0.1, 0.15) is 18.6 Å². The predicted molar refractivity (Wildman–Crippen MR) is 99.5 cm³/mol. The molecule has 2 aromatic carbocycles. The van der Waals surface area contributed by atoms with Crippen LogP contribution in [0, 0.1) is 0 Å². The van der Waals surface area contributed by atoms with Crippen molar-refractivity contribution in [3.63, 3.8) is 0 Å². The highest BCUT2D eigenvalue weighted by Crippen LogP contribution is 2.25. The van der Waals surface area contributed by atoms with Gasteiger partial charge in [0.05, 0.1) is 0 Å². The fourth-order valence-electron chi connectivity index (χ4n) is 2.53. The molecule has 7 heteroatoms. The Morgan fingerprint density at radius 1 is 1.07 bits per heavy atom. The molecule has 0 spiro atoms. The van der Waals surface area contributed by atoms with E-state index in [-0.39, 0.29) is 0 Å². The molecule has 0 bridgehead atoms. The van der Waals surface area contributed by atoms with Crippen molar-refractivity contribution in [2.24, 2.45) is 0 Å². The van der Waals surface area contributed by atoms with Crippen molar-refractivity contribution in [2.75, 3.05) is 6.54 Å². The summed E-state index contributed by atoms with van der Waals surface area (Å²) in [4.78, 5) is 35.7. The van der Waals surface area contributed by atoms with E-state index in [9.17, 15) is 14.4 Å². The number of amides is 3. The third-order valence-electron chi connectivity index (χ3n) is 3.76. The van der Waals surface area contributed by atoms with Crippen LogP contribution < -0.4 is 21.0 Å². The van der Waals surface area contributed by atoms with E-state index < -0.39 is 23.7 Å². The van der Waals surface area contributed by atoms with Gasteiger partial charge in [-0.3, -0.25) is 10.1 Å². The first-order chi connectivity index (χ1) is 13.1. The fourth-order valence-corrected chi connectivity index (χ4v) is 2.53. The predicted octanol–water partition coefficient (Wildman–Crippen LogP) is 2.76. The van der Waals surface area contributed by atoms with Gasteiger partial charge in [0, 0.05) is 29.6 Å². The Morgan fingerprint density at radius 2 is 1.81 bits per heavy atom. The van der Waals surface area contributed by atoms with E-state index in [1.54, 1.807) is 49.4 Å². The van der Waals surface area contributed by atoms with Crippen molar-refractivity contribution in [1.29, 1.82) is 0 Å². The monoisotopic (exact) mass is 366 g/mol. The molecule has 1 atom stereocenters. The number of benzene rings is 2. The Bertz CT molecular complexity index is 1010. The van der Waals surface area contributed by atoms with Crippen molar-refractivity contribution in [3.8, 4) is 5.75 Å². The third kappa shape index (κ3) is 4.52. The highest BCUT2D eigenvalue weighted by Gasteiger charge is 2.24. The zero-order valence-electron chi connectivity index (χ0n) is 14.6. The van der Waals surface area contributed by atoms with E-state index in [1.165, 1.54) is 12.1 Å². The topological polar surface area (TPSA) is 97.6 Å². The molecule has 138 valence electrons. The summed E-state index contributed by atoms with van der Waals surface area (Å²) in [5.41, 5.74) is 0.443. The number of ether oxygens (including phenoxy) is 1. The molecule has 0 saturated carbocycles. The number of rotatable bonds is 5. The van der Waals surface area contributed by atoms with Crippen molar-refractivity contribution in [3.05, 3.63) is 76.6 Å². The number of fused-ring (bicyclic) bond motifs is 1. The number of carbonyl (C=O) groups excluding carboxylic acids is 2. The maximum atomic E-state index is 12.6. The van der Waals surface area contributed by atoms with Gasteiger partial charge in [0.2, 0.25) is 6.10 Å². The van der Waals surface area contributed by atoms with Gasteiger partial charge in [0.15, 0.2) is 0 Å². The van der Waals surface area contributed by atoms with Gasteiger partial charge in [0.1, 0.15) is 11.3 Å². The molecule has 1 aromatic heterocycles. The first-order valence-electron chi connectivity index (χ1n) is 8.41.